The number of hydrogen-bond acceptors (Lipinski definition) is 5. The van der Waals surface area contributed by atoms with Gasteiger partial charge in [-0.3, -0.25) is 0 Å². The van der Waals surface area contributed by atoms with Crippen molar-refractivity contribution in [3.63, 3.8) is 0 Å². The standard InChI is InChI=1S/C15H26O5/c1-3-5-6-7-8-9-10-11-13-17-19-20-18-15-14-16-12-4-2/h4,11-15H,3,5-10H2,1-2H3. The predicted molar refractivity (Wildman–Crippen MR) is 76.5 cm³/mol. The van der Waals surface area contributed by atoms with Gasteiger partial charge in [-0.15, -0.1) is 0 Å². The van der Waals surface area contributed by atoms with E-state index in [2.05, 4.69) is 26.8 Å². The van der Waals surface area contributed by atoms with Crippen LogP contribution >= 0.6 is 0 Å². The van der Waals surface area contributed by atoms with E-state index < -0.39 is 0 Å². The molecule has 20 heavy (non-hydrogen) atoms. The average molecular weight is 286 g/mol. The first-order chi connectivity index (χ1) is 9.91. The Bertz CT molecular complexity index is 261. The second-order valence-electron chi connectivity index (χ2n) is 4.13. The lowest BCUT2D eigenvalue weighted by molar-refractivity contribution is -0.608. The van der Waals surface area contributed by atoms with Crippen LogP contribution in [0.25, 0.3) is 0 Å². The fourth-order valence-corrected chi connectivity index (χ4v) is 1.41. The van der Waals surface area contributed by atoms with E-state index in [1.54, 1.807) is 6.08 Å². The van der Waals surface area contributed by atoms with Crippen molar-refractivity contribution < 1.29 is 24.6 Å². The summed E-state index contributed by atoms with van der Waals surface area (Å²) in [6, 6.07) is 0. The lowest BCUT2D eigenvalue weighted by Crippen LogP contribution is -1.89. The highest BCUT2D eigenvalue weighted by molar-refractivity contribution is 4.72. The summed E-state index contributed by atoms with van der Waals surface area (Å²) in [6.45, 7) is 4.05. The van der Waals surface area contributed by atoms with Gasteiger partial charge in [-0.05, 0) is 25.8 Å². The van der Waals surface area contributed by atoms with Gasteiger partial charge in [0.25, 0.3) is 0 Å². The molecule has 0 bridgehead atoms. The summed E-state index contributed by atoms with van der Waals surface area (Å²) in [7, 11) is 0. The first kappa shape index (κ1) is 18.5. The molecular weight excluding hydrogens is 260 g/mol. The van der Waals surface area contributed by atoms with Crippen molar-refractivity contribution in [2.75, 3.05) is 0 Å². The monoisotopic (exact) mass is 286 g/mol. The molecule has 0 aromatic rings. The molecule has 0 radical (unpaired) electrons. The highest BCUT2D eigenvalue weighted by Gasteiger charge is 1.88. The van der Waals surface area contributed by atoms with Crippen LogP contribution in [0.4, 0.5) is 0 Å². The minimum absolute atomic E-state index is 0.966. The van der Waals surface area contributed by atoms with Crippen molar-refractivity contribution in [3.8, 4) is 0 Å². The third-order valence-electron chi connectivity index (χ3n) is 2.39. The largest absolute Gasteiger partial charge is 0.470 e. The zero-order chi connectivity index (χ0) is 14.7. The third kappa shape index (κ3) is 16.5. The fraction of sp³-hybridized carbons (Fsp3) is 0.600. The third-order valence-corrected chi connectivity index (χ3v) is 2.39. The van der Waals surface area contributed by atoms with Crippen molar-refractivity contribution in [1.82, 2.24) is 0 Å². The van der Waals surface area contributed by atoms with Crippen LogP contribution < -0.4 is 0 Å². The van der Waals surface area contributed by atoms with Crippen LogP contribution in [0.3, 0.4) is 0 Å². The lowest BCUT2D eigenvalue weighted by Gasteiger charge is -1.98. The maximum atomic E-state index is 4.81. The molecule has 116 valence electrons. The van der Waals surface area contributed by atoms with Crippen LogP contribution in [0.15, 0.2) is 37.2 Å². The van der Waals surface area contributed by atoms with Gasteiger partial charge in [0.1, 0.15) is 12.5 Å². The van der Waals surface area contributed by atoms with Gasteiger partial charge in [0, 0.05) is 10.1 Å². The number of unbranched alkanes of at least 4 members (excludes halogenated alkanes) is 6. The Morgan fingerprint density at radius 1 is 0.750 bits per heavy atom. The van der Waals surface area contributed by atoms with Crippen LogP contribution in [0.1, 0.15) is 58.8 Å². The van der Waals surface area contributed by atoms with E-state index in [0.717, 1.165) is 12.8 Å². The van der Waals surface area contributed by atoms with Crippen molar-refractivity contribution >= 4 is 0 Å². The number of ether oxygens (including phenoxy) is 1. The maximum absolute atomic E-state index is 4.81. The second kappa shape index (κ2) is 17.5. The van der Waals surface area contributed by atoms with Gasteiger partial charge in [-0.2, -0.15) is 0 Å². The number of hydrogen-bond donors (Lipinski definition) is 0. The highest BCUT2D eigenvalue weighted by Crippen LogP contribution is 2.07. The van der Waals surface area contributed by atoms with Crippen molar-refractivity contribution in [2.45, 2.75) is 58.8 Å². The Balaban J connectivity index is 3.14. The van der Waals surface area contributed by atoms with Gasteiger partial charge >= 0.3 is 0 Å². The van der Waals surface area contributed by atoms with Crippen molar-refractivity contribution in [2.24, 2.45) is 0 Å². The molecule has 0 aliphatic rings. The molecule has 0 spiro atoms. The first-order valence-corrected chi connectivity index (χ1v) is 7.14. The average Bonchev–Trinajstić information content (AvgIpc) is 2.47. The van der Waals surface area contributed by atoms with Crippen molar-refractivity contribution in [3.05, 3.63) is 37.2 Å². The molecule has 0 aromatic carbocycles. The molecule has 0 saturated carbocycles. The summed E-state index contributed by atoms with van der Waals surface area (Å²) in [5.41, 5.74) is 0. The van der Waals surface area contributed by atoms with Gasteiger partial charge in [0.2, 0.25) is 0 Å². The van der Waals surface area contributed by atoms with Gasteiger partial charge in [-0.25, -0.2) is 0 Å². The Morgan fingerprint density at radius 2 is 1.45 bits per heavy atom. The van der Waals surface area contributed by atoms with Crippen LogP contribution in [0.5, 0.6) is 0 Å². The quantitative estimate of drug-likeness (QED) is 0.193. The van der Waals surface area contributed by atoms with Gasteiger partial charge in [0.05, 0.1) is 6.26 Å². The zero-order valence-corrected chi connectivity index (χ0v) is 12.5. The highest BCUT2D eigenvalue weighted by atomic mass is 17.7. The Morgan fingerprint density at radius 3 is 2.20 bits per heavy atom. The molecular formula is C15H26O5. The molecule has 0 aliphatic carbocycles. The molecule has 0 unspecified atom stereocenters. The van der Waals surface area contributed by atoms with E-state index in [1.807, 2.05) is 13.0 Å². The maximum Gasteiger partial charge on any atom is 0.168 e. The van der Waals surface area contributed by atoms with E-state index in [0.29, 0.717) is 0 Å². The number of allylic oxidation sites excluding steroid dienone is 2. The second-order valence-corrected chi connectivity index (χ2v) is 4.13. The molecule has 0 rings (SSSR count). The van der Waals surface area contributed by atoms with E-state index in [-0.39, 0.29) is 0 Å². The summed E-state index contributed by atoms with van der Waals surface area (Å²) in [4.78, 5) is 9.03. The summed E-state index contributed by atoms with van der Waals surface area (Å²) in [5.74, 6) is 0. The Hall–Kier alpha value is -1.46. The molecule has 0 amide bonds. The van der Waals surface area contributed by atoms with Crippen molar-refractivity contribution in [1.29, 1.82) is 0 Å². The number of rotatable bonds is 14. The summed E-state index contributed by atoms with van der Waals surface area (Å²) in [5, 5.41) is 8.49. The van der Waals surface area contributed by atoms with E-state index in [1.165, 1.54) is 57.2 Å². The molecule has 0 aromatic heterocycles. The smallest absolute Gasteiger partial charge is 0.168 e. The van der Waals surface area contributed by atoms with Crippen LogP contribution in [0.2, 0.25) is 0 Å². The summed E-state index contributed by atoms with van der Waals surface area (Å²) < 4.78 is 4.81. The van der Waals surface area contributed by atoms with Gasteiger partial charge in [-0.1, -0.05) is 45.1 Å². The minimum Gasteiger partial charge on any atom is -0.470 e. The van der Waals surface area contributed by atoms with Gasteiger partial charge in [0.15, 0.2) is 6.26 Å². The molecule has 0 fully saturated rings. The summed E-state index contributed by atoms with van der Waals surface area (Å²) in [6.07, 6.45) is 17.6. The zero-order valence-electron chi connectivity index (χ0n) is 12.5. The molecule has 0 atom stereocenters. The molecule has 0 N–H and O–H groups in total. The van der Waals surface area contributed by atoms with Crippen LogP contribution in [-0.4, -0.2) is 0 Å². The molecule has 5 heteroatoms. The fourth-order valence-electron chi connectivity index (χ4n) is 1.41. The molecule has 0 aliphatic heterocycles. The van der Waals surface area contributed by atoms with E-state index in [9.17, 15) is 0 Å². The van der Waals surface area contributed by atoms with E-state index >= 15 is 0 Å². The molecule has 5 nitrogen and oxygen atoms in total. The normalized spacial score (nSPS) is 11.7. The SMILES string of the molecule is CC=COC=COOOOC=CCCCCCCCC. The Labute approximate surface area is 121 Å². The summed E-state index contributed by atoms with van der Waals surface area (Å²) >= 11 is 0. The van der Waals surface area contributed by atoms with Crippen LogP contribution in [0, 0.1) is 0 Å². The van der Waals surface area contributed by atoms with Crippen LogP contribution in [-0.2, 0) is 24.6 Å². The first-order valence-electron chi connectivity index (χ1n) is 7.14. The lowest BCUT2D eigenvalue weighted by atomic mass is 10.1. The van der Waals surface area contributed by atoms with E-state index in [4.69, 9.17) is 4.74 Å². The predicted octanol–water partition coefficient (Wildman–Crippen LogP) is 5.08. The minimum atomic E-state index is 0.966. The topological polar surface area (TPSA) is 46.2 Å². The Kier molecular flexibility index (Phi) is 16.3. The molecule has 0 heterocycles. The molecule has 0 saturated heterocycles. The van der Waals surface area contributed by atoms with Gasteiger partial charge < -0.3 is 14.5 Å².